The highest BCUT2D eigenvalue weighted by Gasteiger charge is 2.29. The van der Waals surface area contributed by atoms with E-state index in [9.17, 15) is 9.59 Å². The van der Waals surface area contributed by atoms with Crippen molar-refractivity contribution in [3.8, 4) is 0 Å². The van der Waals surface area contributed by atoms with E-state index in [1.807, 2.05) is 36.9 Å². The van der Waals surface area contributed by atoms with Gasteiger partial charge in [0.25, 0.3) is 0 Å². The number of carbonyl (C=O) groups excluding carboxylic acids is 2. The fraction of sp³-hybridized carbons (Fsp3) is 0.591. The number of likely N-dealkylation sites (tertiary alicyclic amines) is 1. The van der Waals surface area contributed by atoms with Gasteiger partial charge in [-0.3, -0.25) is 14.6 Å². The Morgan fingerprint density at radius 1 is 1.27 bits per heavy atom. The van der Waals surface area contributed by atoms with E-state index in [2.05, 4.69) is 33.1 Å². The van der Waals surface area contributed by atoms with Crippen molar-refractivity contribution in [3.05, 3.63) is 35.9 Å². The molecular weight excluding hydrogens is 493 g/mol. The average molecular weight is 529 g/mol. The molecule has 2 rings (SSSR count). The van der Waals surface area contributed by atoms with Gasteiger partial charge in [-0.1, -0.05) is 37.3 Å². The number of amides is 2. The van der Waals surface area contributed by atoms with Gasteiger partial charge in [-0.05, 0) is 25.3 Å². The monoisotopic (exact) mass is 529 g/mol. The van der Waals surface area contributed by atoms with Crippen molar-refractivity contribution in [2.45, 2.75) is 45.6 Å². The van der Waals surface area contributed by atoms with Gasteiger partial charge in [0.05, 0.1) is 0 Å². The molecular formula is C22H36IN5O2. The Morgan fingerprint density at radius 2 is 2.00 bits per heavy atom. The van der Waals surface area contributed by atoms with E-state index >= 15 is 0 Å². The van der Waals surface area contributed by atoms with E-state index in [4.69, 9.17) is 0 Å². The zero-order valence-corrected chi connectivity index (χ0v) is 20.6. The molecule has 0 spiro atoms. The Bertz CT molecular complexity index is 683. The molecule has 7 nitrogen and oxygen atoms in total. The second-order valence-corrected chi connectivity index (χ2v) is 7.65. The molecule has 2 atom stereocenters. The number of carbonyl (C=O) groups is 2. The lowest BCUT2D eigenvalue weighted by Gasteiger charge is -2.18. The maximum Gasteiger partial charge on any atom is 0.223 e. The van der Waals surface area contributed by atoms with Gasteiger partial charge in [-0.2, -0.15) is 0 Å². The summed E-state index contributed by atoms with van der Waals surface area (Å²) < 4.78 is 0. The van der Waals surface area contributed by atoms with Crippen LogP contribution in [0.4, 0.5) is 0 Å². The molecule has 0 aromatic heterocycles. The van der Waals surface area contributed by atoms with Gasteiger partial charge in [-0.25, -0.2) is 0 Å². The number of halogens is 1. The fourth-order valence-electron chi connectivity index (χ4n) is 3.32. The van der Waals surface area contributed by atoms with Crippen LogP contribution >= 0.6 is 24.0 Å². The molecule has 0 saturated carbocycles. The predicted molar refractivity (Wildman–Crippen MR) is 132 cm³/mol. The molecule has 0 aliphatic carbocycles. The van der Waals surface area contributed by atoms with Crippen molar-refractivity contribution >= 4 is 41.8 Å². The van der Waals surface area contributed by atoms with Crippen LogP contribution in [0.5, 0.6) is 0 Å². The highest BCUT2D eigenvalue weighted by molar-refractivity contribution is 14.0. The van der Waals surface area contributed by atoms with Crippen LogP contribution in [0.1, 0.15) is 38.7 Å². The summed E-state index contributed by atoms with van der Waals surface area (Å²) >= 11 is 0. The minimum absolute atomic E-state index is 0. The van der Waals surface area contributed by atoms with Crippen LogP contribution in [0.2, 0.25) is 0 Å². The number of hydrogen-bond donors (Lipinski definition) is 3. The smallest absolute Gasteiger partial charge is 0.223 e. The van der Waals surface area contributed by atoms with Crippen LogP contribution in [0, 0.1) is 5.92 Å². The molecule has 1 aliphatic heterocycles. The largest absolute Gasteiger partial charge is 0.356 e. The molecule has 2 unspecified atom stereocenters. The number of nitrogens with zero attached hydrogens (tertiary/aromatic N) is 2. The Morgan fingerprint density at radius 3 is 2.67 bits per heavy atom. The van der Waals surface area contributed by atoms with Crippen LogP contribution < -0.4 is 16.0 Å². The fourth-order valence-corrected chi connectivity index (χ4v) is 3.32. The number of benzene rings is 1. The molecule has 1 saturated heterocycles. The normalized spacial score (nSPS) is 17.3. The van der Waals surface area contributed by atoms with Crippen molar-refractivity contribution < 1.29 is 9.59 Å². The summed E-state index contributed by atoms with van der Waals surface area (Å²) in [6.07, 6.45) is 2.77. The second kappa shape index (κ2) is 14.2. The first kappa shape index (κ1) is 26.2. The van der Waals surface area contributed by atoms with Crippen LogP contribution in [0.15, 0.2) is 35.3 Å². The van der Waals surface area contributed by atoms with Gasteiger partial charge in [0.2, 0.25) is 11.8 Å². The summed E-state index contributed by atoms with van der Waals surface area (Å²) in [4.78, 5) is 30.3. The van der Waals surface area contributed by atoms with Gasteiger partial charge in [-0.15, -0.1) is 24.0 Å². The zero-order chi connectivity index (χ0) is 21.1. The summed E-state index contributed by atoms with van der Waals surface area (Å²) in [5, 5.41) is 9.39. The van der Waals surface area contributed by atoms with Crippen LogP contribution in [0.3, 0.4) is 0 Å². The lowest BCUT2D eigenvalue weighted by atomic mass is 10.1. The molecule has 1 aromatic rings. The Balaban J connectivity index is 0.00000450. The quantitative estimate of drug-likeness (QED) is 0.247. The summed E-state index contributed by atoms with van der Waals surface area (Å²) in [7, 11) is 1.71. The number of aliphatic imine (C=N–C) groups is 1. The standard InChI is InChI=1S/C22H35N5O2.HI/c1-4-17(2)26-20(28)10-12-24-22(23-3)25-15-19-14-21(29)27(16-19)13-11-18-8-6-5-7-9-18;/h5-9,17,19H,4,10-16H2,1-3H3,(H,26,28)(H2,23,24,25);1H. The number of rotatable bonds is 10. The van der Waals surface area contributed by atoms with E-state index < -0.39 is 0 Å². The first-order valence-corrected chi connectivity index (χ1v) is 10.6. The van der Waals surface area contributed by atoms with Crippen molar-refractivity contribution in [2.24, 2.45) is 10.9 Å². The van der Waals surface area contributed by atoms with Crippen molar-refractivity contribution in [3.63, 3.8) is 0 Å². The van der Waals surface area contributed by atoms with Crippen molar-refractivity contribution in [1.29, 1.82) is 0 Å². The molecule has 3 N–H and O–H groups in total. The maximum absolute atomic E-state index is 12.3. The Kier molecular flexibility index (Phi) is 12.4. The molecule has 30 heavy (non-hydrogen) atoms. The third-order valence-corrected chi connectivity index (χ3v) is 5.25. The first-order chi connectivity index (χ1) is 14.0. The molecule has 2 amide bonds. The van der Waals surface area contributed by atoms with Crippen LogP contribution in [-0.2, 0) is 16.0 Å². The van der Waals surface area contributed by atoms with E-state index in [0.717, 1.165) is 25.9 Å². The molecule has 1 aliphatic rings. The van der Waals surface area contributed by atoms with Crippen LogP contribution in [-0.4, -0.2) is 61.9 Å². The van der Waals surface area contributed by atoms with Crippen molar-refractivity contribution in [2.75, 3.05) is 33.2 Å². The van der Waals surface area contributed by atoms with E-state index in [-0.39, 0.29) is 47.8 Å². The number of hydrogen-bond acceptors (Lipinski definition) is 3. The average Bonchev–Trinajstić information content (AvgIpc) is 3.09. The van der Waals surface area contributed by atoms with Crippen molar-refractivity contribution in [1.82, 2.24) is 20.9 Å². The van der Waals surface area contributed by atoms with Gasteiger partial charge in [0.15, 0.2) is 5.96 Å². The summed E-state index contributed by atoms with van der Waals surface area (Å²) in [5.74, 6) is 1.19. The highest BCUT2D eigenvalue weighted by Crippen LogP contribution is 2.17. The summed E-state index contributed by atoms with van der Waals surface area (Å²) in [5.41, 5.74) is 1.25. The van der Waals surface area contributed by atoms with E-state index in [1.165, 1.54) is 5.56 Å². The lowest BCUT2D eigenvalue weighted by molar-refractivity contribution is -0.127. The maximum atomic E-state index is 12.3. The summed E-state index contributed by atoms with van der Waals surface area (Å²) in [6, 6.07) is 10.5. The predicted octanol–water partition coefficient (Wildman–Crippen LogP) is 2.17. The molecule has 0 bridgehead atoms. The van der Waals surface area contributed by atoms with Gasteiger partial charge >= 0.3 is 0 Å². The highest BCUT2D eigenvalue weighted by atomic mass is 127. The van der Waals surface area contributed by atoms with Gasteiger partial charge in [0.1, 0.15) is 0 Å². The third-order valence-electron chi connectivity index (χ3n) is 5.25. The minimum Gasteiger partial charge on any atom is -0.356 e. The van der Waals surface area contributed by atoms with E-state index in [1.54, 1.807) is 7.05 Å². The zero-order valence-electron chi connectivity index (χ0n) is 18.3. The number of nitrogens with one attached hydrogen (secondary N) is 3. The van der Waals surface area contributed by atoms with E-state index in [0.29, 0.717) is 31.9 Å². The number of guanidine groups is 1. The minimum atomic E-state index is 0. The topological polar surface area (TPSA) is 85.8 Å². The van der Waals surface area contributed by atoms with Gasteiger partial charge in [0, 0.05) is 58.0 Å². The van der Waals surface area contributed by atoms with Gasteiger partial charge < -0.3 is 20.9 Å². The Hall–Kier alpha value is -1.84. The molecule has 1 aromatic carbocycles. The second-order valence-electron chi connectivity index (χ2n) is 7.65. The molecule has 1 heterocycles. The molecule has 168 valence electrons. The third kappa shape index (κ3) is 9.32. The van der Waals surface area contributed by atoms with Crippen LogP contribution in [0.25, 0.3) is 0 Å². The molecule has 8 heteroatoms. The molecule has 0 radical (unpaired) electrons. The summed E-state index contributed by atoms with van der Waals surface area (Å²) in [6.45, 7) is 6.79. The SMILES string of the molecule is CCC(C)NC(=O)CCNC(=NC)NCC1CC(=O)N(CCc2ccccc2)C1.I. The lowest BCUT2D eigenvalue weighted by Crippen LogP contribution is -2.42. The molecule has 1 fully saturated rings. The first-order valence-electron chi connectivity index (χ1n) is 10.6. The Labute approximate surface area is 197 Å².